The Morgan fingerprint density at radius 2 is 1.85 bits per heavy atom. The normalized spacial score (nSPS) is 26.8. The molecule has 1 amide bonds. The molecule has 20 heavy (non-hydrogen) atoms. The molecule has 0 radical (unpaired) electrons. The molecule has 1 aromatic rings. The van der Waals surface area contributed by atoms with Gasteiger partial charge >= 0.3 is 0 Å². The van der Waals surface area contributed by atoms with Crippen molar-refractivity contribution < 1.29 is 4.79 Å². The second-order valence-electron chi connectivity index (χ2n) is 6.63. The first kappa shape index (κ1) is 15.8. The molecule has 1 fully saturated rings. The third-order valence-corrected chi connectivity index (χ3v) is 5.86. The summed E-state index contributed by atoms with van der Waals surface area (Å²) in [5, 5.41) is 3.52. The zero-order chi connectivity index (χ0) is 15.3. The Morgan fingerprint density at radius 3 is 2.40 bits per heavy atom. The first-order chi connectivity index (χ1) is 9.10. The van der Waals surface area contributed by atoms with Gasteiger partial charge in [-0.15, -0.1) is 0 Å². The lowest BCUT2D eigenvalue weighted by molar-refractivity contribution is -0.0663. The standard InChI is InChI=1S/C15H20BrClN2O/c1-14(2)12(18)15(3,4)13(14)19-11(20)8-6-5-7-9(16)10(8)17/h5-7,12-13H,18H2,1-4H3,(H,19,20). The van der Waals surface area contributed by atoms with E-state index in [4.69, 9.17) is 17.3 Å². The van der Waals surface area contributed by atoms with Crippen molar-refractivity contribution in [3.05, 3.63) is 33.3 Å². The van der Waals surface area contributed by atoms with Gasteiger partial charge in [-0.3, -0.25) is 4.79 Å². The molecule has 1 saturated carbocycles. The summed E-state index contributed by atoms with van der Waals surface area (Å²) >= 11 is 9.51. The molecule has 1 aliphatic rings. The Labute approximate surface area is 133 Å². The lowest BCUT2D eigenvalue weighted by Gasteiger charge is -2.62. The summed E-state index contributed by atoms with van der Waals surface area (Å²) in [6.45, 7) is 8.32. The molecule has 0 atom stereocenters. The molecule has 110 valence electrons. The third-order valence-electron chi connectivity index (χ3n) is 4.56. The SMILES string of the molecule is CC1(C)C(N)C(C)(C)C1NC(=O)c1cccc(Br)c1Cl. The monoisotopic (exact) mass is 358 g/mol. The summed E-state index contributed by atoms with van der Waals surface area (Å²) in [4.78, 5) is 12.4. The molecule has 0 unspecified atom stereocenters. The van der Waals surface area contributed by atoms with Gasteiger partial charge in [0, 0.05) is 27.4 Å². The fraction of sp³-hybridized carbons (Fsp3) is 0.533. The molecule has 0 bridgehead atoms. The second kappa shape index (κ2) is 5.00. The van der Waals surface area contributed by atoms with Gasteiger partial charge < -0.3 is 11.1 Å². The third kappa shape index (κ3) is 2.28. The fourth-order valence-electron chi connectivity index (χ4n) is 3.44. The van der Waals surface area contributed by atoms with Crippen LogP contribution in [0.4, 0.5) is 0 Å². The number of benzene rings is 1. The molecule has 1 aromatic carbocycles. The van der Waals surface area contributed by atoms with Crippen molar-refractivity contribution in [2.75, 3.05) is 0 Å². The van der Waals surface area contributed by atoms with Crippen molar-refractivity contribution in [1.29, 1.82) is 0 Å². The predicted octanol–water partition coefficient (Wildman–Crippen LogP) is 3.59. The van der Waals surface area contributed by atoms with Gasteiger partial charge in [-0.25, -0.2) is 0 Å². The van der Waals surface area contributed by atoms with Gasteiger partial charge in [0.2, 0.25) is 0 Å². The Morgan fingerprint density at radius 1 is 1.30 bits per heavy atom. The Bertz CT molecular complexity index is 541. The minimum Gasteiger partial charge on any atom is -0.348 e. The molecule has 2 rings (SSSR count). The van der Waals surface area contributed by atoms with Crippen LogP contribution in [0.1, 0.15) is 38.1 Å². The van der Waals surface area contributed by atoms with Crippen LogP contribution in [-0.4, -0.2) is 18.0 Å². The fourth-order valence-corrected chi connectivity index (χ4v) is 4.02. The van der Waals surface area contributed by atoms with E-state index < -0.39 is 0 Å². The maximum Gasteiger partial charge on any atom is 0.253 e. The molecule has 1 aliphatic carbocycles. The average molecular weight is 360 g/mol. The molecule has 0 saturated heterocycles. The Balaban J connectivity index is 2.23. The number of hydrogen-bond donors (Lipinski definition) is 2. The van der Waals surface area contributed by atoms with Crippen LogP contribution in [0.15, 0.2) is 22.7 Å². The highest BCUT2D eigenvalue weighted by atomic mass is 79.9. The summed E-state index contributed by atoms with van der Waals surface area (Å²) in [5.74, 6) is -0.158. The highest BCUT2D eigenvalue weighted by Crippen LogP contribution is 2.52. The van der Waals surface area contributed by atoms with E-state index in [9.17, 15) is 4.79 Å². The van der Waals surface area contributed by atoms with Gasteiger partial charge in [0.1, 0.15) is 0 Å². The lowest BCUT2D eigenvalue weighted by atomic mass is 9.48. The lowest BCUT2D eigenvalue weighted by Crippen LogP contribution is -2.76. The summed E-state index contributed by atoms with van der Waals surface area (Å²) in [7, 11) is 0. The number of rotatable bonds is 2. The van der Waals surface area contributed by atoms with Crippen molar-refractivity contribution in [2.24, 2.45) is 16.6 Å². The van der Waals surface area contributed by atoms with Crippen LogP contribution < -0.4 is 11.1 Å². The molecule has 5 heteroatoms. The number of halogens is 2. The number of carbonyl (C=O) groups is 1. The van der Waals surface area contributed by atoms with Crippen LogP contribution in [0.5, 0.6) is 0 Å². The van der Waals surface area contributed by atoms with E-state index in [-0.39, 0.29) is 28.8 Å². The van der Waals surface area contributed by atoms with E-state index >= 15 is 0 Å². The minimum atomic E-state index is -0.158. The molecular weight excluding hydrogens is 340 g/mol. The van der Waals surface area contributed by atoms with Crippen LogP contribution in [-0.2, 0) is 0 Å². The van der Waals surface area contributed by atoms with Crippen molar-refractivity contribution in [3.63, 3.8) is 0 Å². The van der Waals surface area contributed by atoms with Gasteiger partial charge in [-0.2, -0.15) is 0 Å². The quantitative estimate of drug-likeness (QED) is 0.848. The van der Waals surface area contributed by atoms with E-state index in [1.807, 2.05) is 6.07 Å². The number of nitrogens with two attached hydrogens (primary N) is 1. The summed E-state index contributed by atoms with van der Waals surface area (Å²) in [6, 6.07) is 5.41. The molecule has 0 aliphatic heterocycles. The van der Waals surface area contributed by atoms with Gasteiger partial charge in [-0.1, -0.05) is 45.4 Å². The topological polar surface area (TPSA) is 55.1 Å². The molecule has 3 nitrogen and oxygen atoms in total. The van der Waals surface area contributed by atoms with E-state index in [2.05, 4.69) is 48.9 Å². The van der Waals surface area contributed by atoms with Crippen molar-refractivity contribution >= 4 is 33.4 Å². The van der Waals surface area contributed by atoms with Crippen molar-refractivity contribution in [2.45, 2.75) is 39.8 Å². The van der Waals surface area contributed by atoms with E-state index in [0.717, 1.165) is 4.47 Å². The van der Waals surface area contributed by atoms with E-state index in [1.54, 1.807) is 12.1 Å². The maximum absolute atomic E-state index is 12.4. The summed E-state index contributed by atoms with van der Waals surface area (Å²) in [6.07, 6.45) is 0. The maximum atomic E-state index is 12.4. The number of amides is 1. The predicted molar refractivity (Wildman–Crippen MR) is 85.9 cm³/mol. The van der Waals surface area contributed by atoms with E-state index in [1.165, 1.54) is 0 Å². The zero-order valence-corrected chi connectivity index (χ0v) is 14.5. The van der Waals surface area contributed by atoms with E-state index in [0.29, 0.717) is 10.6 Å². The summed E-state index contributed by atoms with van der Waals surface area (Å²) in [5.41, 5.74) is 6.43. The zero-order valence-electron chi connectivity index (χ0n) is 12.1. The van der Waals surface area contributed by atoms with Crippen LogP contribution in [0.25, 0.3) is 0 Å². The van der Waals surface area contributed by atoms with Gasteiger partial charge in [0.15, 0.2) is 0 Å². The molecule has 0 heterocycles. The average Bonchev–Trinajstić information content (AvgIpc) is 2.37. The molecule has 3 N–H and O–H groups in total. The summed E-state index contributed by atoms with van der Waals surface area (Å²) < 4.78 is 0.718. The van der Waals surface area contributed by atoms with Crippen LogP contribution in [0, 0.1) is 10.8 Å². The highest BCUT2D eigenvalue weighted by Gasteiger charge is 2.60. The first-order valence-electron chi connectivity index (χ1n) is 6.60. The van der Waals surface area contributed by atoms with Gasteiger partial charge in [-0.05, 0) is 28.1 Å². The molecule has 0 spiro atoms. The first-order valence-corrected chi connectivity index (χ1v) is 7.77. The van der Waals surface area contributed by atoms with Gasteiger partial charge in [0.25, 0.3) is 5.91 Å². The number of nitrogens with one attached hydrogen (secondary N) is 1. The van der Waals surface area contributed by atoms with Crippen LogP contribution >= 0.6 is 27.5 Å². The Kier molecular flexibility index (Phi) is 3.95. The van der Waals surface area contributed by atoms with Crippen LogP contribution in [0.2, 0.25) is 5.02 Å². The molecule has 0 aromatic heterocycles. The highest BCUT2D eigenvalue weighted by molar-refractivity contribution is 9.10. The number of hydrogen-bond acceptors (Lipinski definition) is 2. The van der Waals surface area contributed by atoms with Gasteiger partial charge in [0.05, 0.1) is 10.6 Å². The second-order valence-corrected chi connectivity index (χ2v) is 7.86. The largest absolute Gasteiger partial charge is 0.348 e. The smallest absolute Gasteiger partial charge is 0.253 e. The van der Waals surface area contributed by atoms with Crippen LogP contribution in [0.3, 0.4) is 0 Å². The van der Waals surface area contributed by atoms with Crippen molar-refractivity contribution in [1.82, 2.24) is 5.32 Å². The number of carbonyl (C=O) groups excluding carboxylic acids is 1. The Hall–Kier alpha value is -0.580. The minimum absolute atomic E-state index is 0.0209. The molecular formula is C15H20BrClN2O. The van der Waals surface area contributed by atoms with Crippen molar-refractivity contribution in [3.8, 4) is 0 Å².